The number of amides is 1. The van der Waals surface area contributed by atoms with E-state index in [4.69, 9.17) is 0 Å². The number of fused-ring (bicyclic) bond motifs is 1. The zero-order valence-electron chi connectivity index (χ0n) is 16.0. The van der Waals surface area contributed by atoms with Crippen molar-refractivity contribution in [2.45, 2.75) is 52.1 Å². The van der Waals surface area contributed by atoms with Gasteiger partial charge in [0.2, 0.25) is 0 Å². The molecule has 2 atom stereocenters. The first-order chi connectivity index (χ1) is 12.6. The van der Waals surface area contributed by atoms with Crippen molar-refractivity contribution in [3.05, 3.63) is 40.3 Å². The summed E-state index contributed by atoms with van der Waals surface area (Å²) in [5.74, 6) is 0.216. The largest absolute Gasteiger partial charge is 0.346 e. The number of aryl methyl sites for hydroxylation is 1. The summed E-state index contributed by atoms with van der Waals surface area (Å²) in [7, 11) is 0. The molecule has 7 heteroatoms. The number of aromatic nitrogens is 2. The fourth-order valence-electron chi connectivity index (χ4n) is 3.49. The van der Waals surface area contributed by atoms with Crippen LogP contribution in [0.25, 0.3) is 10.8 Å². The molecule has 148 valence electrons. The van der Waals surface area contributed by atoms with E-state index >= 15 is 0 Å². The van der Waals surface area contributed by atoms with Crippen LogP contribution < -0.4 is 16.2 Å². The van der Waals surface area contributed by atoms with Gasteiger partial charge < -0.3 is 10.6 Å². The average Bonchev–Trinajstić information content (AvgIpc) is 2.65. The Hall–Kier alpha value is -1.92. The van der Waals surface area contributed by atoms with E-state index in [0.29, 0.717) is 28.9 Å². The van der Waals surface area contributed by atoms with E-state index in [1.807, 2.05) is 12.1 Å². The number of piperidine rings is 1. The molecule has 0 spiro atoms. The Morgan fingerprint density at radius 2 is 2.04 bits per heavy atom. The van der Waals surface area contributed by atoms with Crippen LogP contribution in [-0.4, -0.2) is 34.8 Å². The van der Waals surface area contributed by atoms with E-state index < -0.39 is 0 Å². The molecule has 0 aliphatic carbocycles. The van der Waals surface area contributed by atoms with Gasteiger partial charge in [-0.15, -0.1) is 12.4 Å². The van der Waals surface area contributed by atoms with Crippen molar-refractivity contribution in [1.82, 2.24) is 20.4 Å². The summed E-state index contributed by atoms with van der Waals surface area (Å²) in [6, 6.07) is 7.33. The SMILES string of the molecule is CCCCCn1nc(C(=O)NC2CNCCC2C)c2ccccc2c1=O.Cl. The molecule has 1 aromatic heterocycles. The van der Waals surface area contributed by atoms with Gasteiger partial charge in [-0.25, -0.2) is 4.68 Å². The Balaban J connectivity index is 0.00000261. The molecule has 3 rings (SSSR count). The molecule has 6 nitrogen and oxygen atoms in total. The highest BCUT2D eigenvalue weighted by Gasteiger charge is 2.25. The molecule has 1 amide bonds. The summed E-state index contributed by atoms with van der Waals surface area (Å²) in [6.07, 6.45) is 4.03. The number of carbonyl (C=O) groups excluding carboxylic acids is 1. The lowest BCUT2D eigenvalue weighted by Crippen LogP contribution is -2.50. The van der Waals surface area contributed by atoms with Crippen molar-refractivity contribution in [2.75, 3.05) is 13.1 Å². The van der Waals surface area contributed by atoms with E-state index in [1.165, 1.54) is 4.68 Å². The van der Waals surface area contributed by atoms with Gasteiger partial charge in [0.1, 0.15) is 0 Å². The molecule has 2 unspecified atom stereocenters. The molecule has 0 radical (unpaired) electrons. The summed E-state index contributed by atoms with van der Waals surface area (Å²) < 4.78 is 1.45. The van der Waals surface area contributed by atoms with Crippen LogP contribution in [0.3, 0.4) is 0 Å². The molecule has 2 N–H and O–H groups in total. The molecule has 0 saturated carbocycles. The van der Waals surface area contributed by atoms with Crippen LogP contribution in [0, 0.1) is 5.92 Å². The van der Waals surface area contributed by atoms with Gasteiger partial charge in [0.25, 0.3) is 11.5 Å². The molecule has 27 heavy (non-hydrogen) atoms. The molecule has 0 bridgehead atoms. The number of unbranched alkanes of at least 4 members (excludes halogenated alkanes) is 2. The van der Waals surface area contributed by atoms with Crippen molar-refractivity contribution in [3.8, 4) is 0 Å². The van der Waals surface area contributed by atoms with Crippen LogP contribution in [0.15, 0.2) is 29.1 Å². The van der Waals surface area contributed by atoms with Gasteiger partial charge in [-0.1, -0.05) is 44.9 Å². The fourth-order valence-corrected chi connectivity index (χ4v) is 3.49. The van der Waals surface area contributed by atoms with Crippen molar-refractivity contribution >= 4 is 29.1 Å². The van der Waals surface area contributed by atoms with Gasteiger partial charge >= 0.3 is 0 Å². The summed E-state index contributed by atoms with van der Waals surface area (Å²) in [6.45, 7) is 6.56. The quantitative estimate of drug-likeness (QED) is 0.741. The summed E-state index contributed by atoms with van der Waals surface area (Å²) in [5, 5.41) is 12.0. The zero-order chi connectivity index (χ0) is 18.5. The predicted octanol–water partition coefficient (Wildman–Crippen LogP) is 2.74. The second-order valence-electron chi connectivity index (χ2n) is 7.18. The lowest BCUT2D eigenvalue weighted by Gasteiger charge is -2.30. The second-order valence-corrected chi connectivity index (χ2v) is 7.18. The lowest BCUT2D eigenvalue weighted by atomic mass is 9.94. The number of nitrogens with zero attached hydrogens (tertiary/aromatic N) is 2. The van der Waals surface area contributed by atoms with Gasteiger partial charge in [0.15, 0.2) is 5.69 Å². The smallest absolute Gasteiger partial charge is 0.274 e. The first kappa shape index (κ1) is 21.4. The average molecular weight is 393 g/mol. The maximum Gasteiger partial charge on any atom is 0.274 e. The molecule has 1 saturated heterocycles. The van der Waals surface area contributed by atoms with Gasteiger partial charge in [-0.05, 0) is 31.4 Å². The summed E-state index contributed by atoms with van der Waals surface area (Å²) in [5.41, 5.74) is 0.218. The highest BCUT2D eigenvalue weighted by molar-refractivity contribution is 6.04. The molecular weight excluding hydrogens is 364 g/mol. The Morgan fingerprint density at radius 1 is 1.30 bits per heavy atom. The number of halogens is 1. The minimum Gasteiger partial charge on any atom is -0.346 e. The number of hydrogen-bond acceptors (Lipinski definition) is 4. The summed E-state index contributed by atoms with van der Waals surface area (Å²) in [4.78, 5) is 25.6. The first-order valence-corrected chi connectivity index (χ1v) is 9.63. The van der Waals surface area contributed by atoms with E-state index in [0.717, 1.165) is 38.8 Å². The van der Waals surface area contributed by atoms with Gasteiger partial charge in [-0.2, -0.15) is 5.10 Å². The number of carbonyl (C=O) groups is 1. The van der Waals surface area contributed by atoms with E-state index in [9.17, 15) is 9.59 Å². The predicted molar refractivity (Wildman–Crippen MR) is 111 cm³/mol. The Labute approximate surface area is 166 Å². The molecule has 1 aliphatic rings. The maximum absolute atomic E-state index is 12.9. The van der Waals surface area contributed by atoms with Crippen LogP contribution in [0.5, 0.6) is 0 Å². The maximum atomic E-state index is 12.9. The highest BCUT2D eigenvalue weighted by atomic mass is 35.5. The first-order valence-electron chi connectivity index (χ1n) is 9.63. The molecule has 1 fully saturated rings. The Kier molecular flexibility index (Phi) is 7.80. The van der Waals surface area contributed by atoms with Crippen molar-refractivity contribution in [1.29, 1.82) is 0 Å². The van der Waals surface area contributed by atoms with Gasteiger partial charge in [0, 0.05) is 24.5 Å². The molecule has 1 aromatic carbocycles. The van der Waals surface area contributed by atoms with Crippen molar-refractivity contribution < 1.29 is 4.79 Å². The van der Waals surface area contributed by atoms with E-state index in [2.05, 4.69) is 29.6 Å². The third-order valence-corrected chi connectivity index (χ3v) is 5.20. The highest BCUT2D eigenvalue weighted by Crippen LogP contribution is 2.16. The normalized spacial score (nSPS) is 19.5. The van der Waals surface area contributed by atoms with E-state index in [-0.39, 0.29) is 29.9 Å². The van der Waals surface area contributed by atoms with Crippen LogP contribution in [0.4, 0.5) is 0 Å². The van der Waals surface area contributed by atoms with Crippen molar-refractivity contribution in [3.63, 3.8) is 0 Å². The topological polar surface area (TPSA) is 76.0 Å². The third-order valence-electron chi connectivity index (χ3n) is 5.20. The minimum atomic E-state index is -0.203. The molecular formula is C20H29ClN4O2. The fraction of sp³-hybridized carbons (Fsp3) is 0.550. The zero-order valence-corrected chi connectivity index (χ0v) is 16.8. The Morgan fingerprint density at radius 3 is 2.74 bits per heavy atom. The Bertz CT molecular complexity index is 836. The number of rotatable bonds is 6. The molecule has 1 aliphatic heterocycles. The molecule has 2 heterocycles. The van der Waals surface area contributed by atoms with E-state index in [1.54, 1.807) is 12.1 Å². The number of benzene rings is 1. The van der Waals surface area contributed by atoms with Gasteiger partial charge in [-0.3, -0.25) is 9.59 Å². The van der Waals surface area contributed by atoms with Crippen LogP contribution in [0.1, 0.15) is 50.0 Å². The number of hydrogen-bond donors (Lipinski definition) is 2. The van der Waals surface area contributed by atoms with Gasteiger partial charge in [0.05, 0.1) is 5.39 Å². The number of nitrogens with one attached hydrogen (secondary N) is 2. The standard InChI is InChI=1S/C20H28N4O2.ClH/c1-3-4-7-12-24-20(26)16-9-6-5-8-15(16)18(23-24)19(25)22-17-13-21-11-10-14(17)2;/h5-6,8-9,14,17,21H,3-4,7,10-13H2,1-2H3,(H,22,25);1H. The lowest BCUT2D eigenvalue weighted by molar-refractivity contribution is 0.0909. The van der Waals surface area contributed by atoms with Crippen LogP contribution in [-0.2, 0) is 6.54 Å². The summed E-state index contributed by atoms with van der Waals surface area (Å²) >= 11 is 0. The van der Waals surface area contributed by atoms with Crippen LogP contribution >= 0.6 is 12.4 Å². The molecule has 2 aromatic rings. The second kappa shape index (κ2) is 9.85. The third kappa shape index (κ3) is 4.87. The van der Waals surface area contributed by atoms with Crippen molar-refractivity contribution in [2.24, 2.45) is 5.92 Å². The van der Waals surface area contributed by atoms with Crippen LogP contribution in [0.2, 0.25) is 0 Å². The minimum absolute atomic E-state index is 0. The monoisotopic (exact) mass is 392 g/mol.